The molecule has 3 aromatic rings. The smallest absolute Gasteiger partial charge is 0.230 e. The Bertz CT molecular complexity index is 849. The van der Waals surface area contributed by atoms with E-state index in [-0.39, 0.29) is 12.3 Å². The summed E-state index contributed by atoms with van der Waals surface area (Å²) in [7, 11) is 0. The molecule has 1 aromatic carbocycles. The molecule has 0 spiro atoms. The van der Waals surface area contributed by atoms with Crippen LogP contribution in [0.4, 0.5) is 5.69 Å². The van der Waals surface area contributed by atoms with Crippen LogP contribution in [0.2, 0.25) is 0 Å². The van der Waals surface area contributed by atoms with Crippen molar-refractivity contribution in [1.29, 1.82) is 0 Å². The van der Waals surface area contributed by atoms with E-state index in [9.17, 15) is 4.79 Å². The number of hydrogen-bond acceptors (Lipinski definition) is 2. The van der Waals surface area contributed by atoms with Crippen molar-refractivity contribution in [2.24, 2.45) is 0 Å². The molecule has 112 valence electrons. The van der Waals surface area contributed by atoms with Crippen molar-refractivity contribution in [3.63, 3.8) is 0 Å². The number of nitrogens with zero attached hydrogens (tertiary/aromatic N) is 2. The molecule has 0 radical (unpaired) electrons. The number of benzene rings is 1. The Labute approximate surface area is 129 Å². The van der Waals surface area contributed by atoms with Crippen LogP contribution in [0.3, 0.4) is 0 Å². The van der Waals surface area contributed by atoms with Crippen molar-refractivity contribution in [1.82, 2.24) is 9.38 Å². The van der Waals surface area contributed by atoms with Gasteiger partial charge in [-0.15, -0.1) is 0 Å². The van der Waals surface area contributed by atoms with Gasteiger partial charge in [-0.2, -0.15) is 0 Å². The van der Waals surface area contributed by atoms with Crippen LogP contribution in [-0.2, 0) is 11.2 Å². The fraction of sp³-hybridized carbons (Fsp3) is 0.222. The lowest BCUT2D eigenvalue weighted by Gasteiger charge is -2.06. The summed E-state index contributed by atoms with van der Waals surface area (Å²) in [6, 6.07) is 9.95. The zero-order valence-electron chi connectivity index (χ0n) is 13.1. The number of fused-ring (bicyclic) bond motifs is 1. The lowest BCUT2D eigenvalue weighted by atomic mass is 10.1. The molecule has 0 saturated carbocycles. The second-order valence-corrected chi connectivity index (χ2v) is 5.73. The number of rotatable bonds is 3. The lowest BCUT2D eigenvalue weighted by Crippen LogP contribution is -2.14. The van der Waals surface area contributed by atoms with E-state index in [4.69, 9.17) is 0 Å². The molecule has 0 bridgehead atoms. The molecule has 0 fully saturated rings. The maximum absolute atomic E-state index is 12.2. The maximum Gasteiger partial charge on any atom is 0.230 e. The maximum atomic E-state index is 12.2. The van der Waals surface area contributed by atoms with Crippen LogP contribution in [0.1, 0.15) is 22.4 Å². The van der Waals surface area contributed by atoms with Gasteiger partial charge in [0.05, 0.1) is 12.1 Å². The first-order valence-electron chi connectivity index (χ1n) is 7.32. The van der Waals surface area contributed by atoms with Gasteiger partial charge >= 0.3 is 0 Å². The number of amides is 1. The lowest BCUT2D eigenvalue weighted by molar-refractivity contribution is -0.115. The highest BCUT2D eigenvalue weighted by atomic mass is 16.1. The zero-order valence-corrected chi connectivity index (χ0v) is 13.1. The summed E-state index contributed by atoms with van der Waals surface area (Å²) in [4.78, 5) is 16.7. The predicted octanol–water partition coefficient (Wildman–Crippen LogP) is 3.44. The van der Waals surface area contributed by atoms with Gasteiger partial charge in [0.2, 0.25) is 5.91 Å². The van der Waals surface area contributed by atoms with Crippen LogP contribution in [0, 0.1) is 20.8 Å². The second kappa shape index (κ2) is 5.64. The third-order valence-electron chi connectivity index (χ3n) is 3.80. The minimum Gasteiger partial charge on any atom is -0.326 e. The molecular formula is C18H19N3O. The highest BCUT2D eigenvalue weighted by molar-refractivity contribution is 5.92. The van der Waals surface area contributed by atoms with Gasteiger partial charge < -0.3 is 9.72 Å². The van der Waals surface area contributed by atoms with E-state index in [0.29, 0.717) is 0 Å². The molecule has 22 heavy (non-hydrogen) atoms. The van der Waals surface area contributed by atoms with E-state index in [2.05, 4.69) is 17.2 Å². The van der Waals surface area contributed by atoms with Crippen LogP contribution in [0.5, 0.6) is 0 Å². The standard InChI is InChI=1S/C18H19N3O/c1-12-6-7-21-11-16(19-17(21)8-12)10-18(22)20-15-5-4-13(2)14(3)9-15/h4-9,11H,10H2,1-3H3,(H,20,22). The summed E-state index contributed by atoms with van der Waals surface area (Å²) in [6.45, 7) is 6.12. The van der Waals surface area contributed by atoms with E-state index in [1.807, 2.05) is 61.0 Å². The van der Waals surface area contributed by atoms with Crippen molar-refractivity contribution in [2.45, 2.75) is 27.2 Å². The predicted molar refractivity (Wildman–Crippen MR) is 88.2 cm³/mol. The van der Waals surface area contributed by atoms with Crippen molar-refractivity contribution in [3.8, 4) is 0 Å². The molecule has 0 saturated heterocycles. The minimum atomic E-state index is -0.0524. The van der Waals surface area contributed by atoms with E-state index in [0.717, 1.165) is 22.6 Å². The number of pyridine rings is 1. The Morgan fingerprint density at radius 2 is 1.95 bits per heavy atom. The molecule has 4 heteroatoms. The number of aromatic nitrogens is 2. The van der Waals surface area contributed by atoms with Gasteiger partial charge in [0.15, 0.2) is 0 Å². The van der Waals surface area contributed by atoms with Gasteiger partial charge in [0.25, 0.3) is 0 Å². The number of imidazole rings is 1. The molecule has 2 aromatic heterocycles. The average molecular weight is 293 g/mol. The molecule has 3 rings (SSSR count). The molecule has 0 aliphatic rings. The summed E-state index contributed by atoms with van der Waals surface area (Å²) in [5.41, 5.74) is 6.01. The SMILES string of the molecule is Cc1ccn2cc(CC(=O)Nc3ccc(C)c(C)c3)nc2c1. The average Bonchev–Trinajstić information content (AvgIpc) is 2.84. The number of hydrogen-bond donors (Lipinski definition) is 1. The second-order valence-electron chi connectivity index (χ2n) is 5.73. The van der Waals surface area contributed by atoms with Gasteiger partial charge in [-0.25, -0.2) is 4.98 Å². The molecule has 0 aliphatic heterocycles. The van der Waals surface area contributed by atoms with E-state index in [1.54, 1.807) is 0 Å². The van der Waals surface area contributed by atoms with Gasteiger partial charge in [0.1, 0.15) is 5.65 Å². The van der Waals surface area contributed by atoms with Crippen molar-refractivity contribution >= 4 is 17.2 Å². The fourth-order valence-corrected chi connectivity index (χ4v) is 2.41. The molecule has 0 aliphatic carbocycles. The summed E-state index contributed by atoms with van der Waals surface area (Å²) >= 11 is 0. The van der Waals surface area contributed by atoms with Gasteiger partial charge in [-0.05, 0) is 61.7 Å². The number of nitrogens with one attached hydrogen (secondary N) is 1. The van der Waals surface area contributed by atoms with Crippen LogP contribution in [-0.4, -0.2) is 15.3 Å². The quantitative estimate of drug-likeness (QED) is 0.804. The Hall–Kier alpha value is -2.62. The molecule has 1 amide bonds. The van der Waals surface area contributed by atoms with Crippen LogP contribution >= 0.6 is 0 Å². The monoisotopic (exact) mass is 293 g/mol. The van der Waals surface area contributed by atoms with Gasteiger partial charge in [-0.3, -0.25) is 4.79 Å². The first-order chi connectivity index (χ1) is 10.5. The van der Waals surface area contributed by atoms with Crippen LogP contribution in [0.25, 0.3) is 5.65 Å². The Kier molecular flexibility index (Phi) is 3.67. The molecule has 0 unspecified atom stereocenters. The molecule has 1 N–H and O–H groups in total. The van der Waals surface area contributed by atoms with Crippen LogP contribution < -0.4 is 5.32 Å². The Balaban J connectivity index is 1.73. The first kappa shape index (κ1) is 14.3. The van der Waals surface area contributed by atoms with Gasteiger partial charge in [-0.1, -0.05) is 6.07 Å². The summed E-state index contributed by atoms with van der Waals surface area (Å²) in [5, 5.41) is 2.93. The Morgan fingerprint density at radius 3 is 2.73 bits per heavy atom. The van der Waals surface area contributed by atoms with E-state index < -0.39 is 0 Å². The third kappa shape index (κ3) is 3.01. The Morgan fingerprint density at radius 1 is 1.14 bits per heavy atom. The molecule has 2 heterocycles. The highest BCUT2D eigenvalue weighted by Crippen LogP contribution is 2.15. The number of carbonyl (C=O) groups is 1. The number of anilines is 1. The van der Waals surface area contributed by atoms with Crippen molar-refractivity contribution in [3.05, 3.63) is 65.1 Å². The number of carbonyl (C=O) groups excluding carboxylic acids is 1. The first-order valence-corrected chi connectivity index (χ1v) is 7.32. The third-order valence-corrected chi connectivity index (χ3v) is 3.80. The van der Waals surface area contributed by atoms with E-state index >= 15 is 0 Å². The zero-order chi connectivity index (χ0) is 15.7. The highest BCUT2D eigenvalue weighted by Gasteiger charge is 2.08. The van der Waals surface area contributed by atoms with Crippen molar-refractivity contribution in [2.75, 3.05) is 5.32 Å². The van der Waals surface area contributed by atoms with Crippen LogP contribution in [0.15, 0.2) is 42.7 Å². The largest absolute Gasteiger partial charge is 0.326 e. The fourth-order valence-electron chi connectivity index (χ4n) is 2.41. The summed E-state index contributed by atoms with van der Waals surface area (Å²) in [5.74, 6) is -0.0524. The molecule has 0 atom stereocenters. The summed E-state index contributed by atoms with van der Waals surface area (Å²) in [6.07, 6.45) is 4.13. The van der Waals surface area contributed by atoms with E-state index in [1.165, 1.54) is 11.1 Å². The number of aryl methyl sites for hydroxylation is 3. The minimum absolute atomic E-state index is 0.0524. The summed E-state index contributed by atoms with van der Waals surface area (Å²) < 4.78 is 1.94. The normalized spacial score (nSPS) is 10.9. The molecular weight excluding hydrogens is 274 g/mol. The molecule has 4 nitrogen and oxygen atoms in total. The topological polar surface area (TPSA) is 46.4 Å². The van der Waals surface area contributed by atoms with Gasteiger partial charge in [0, 0.05) is 18.1 Å². The van der Waals surface area contributed by atoms with Crippen molar-refractivity contribution < 1.29 is 4.79 Å².